The van der Waals surface area contributed by atoms with Crippen LogP contribution in [0.3, 0.4) is 0 Å². The predicted molar refractivity (Wildman–Crippen MR) is 117 cm³/mol. The molecule has 0 amide bonds. The highest BCUT2D eigenvalue weighted by atomic mass is 19.1. The van der Waals surface area contributed by atoms with Crippen molar-refractivity contribution in [2.75, 3.05) is 32.9 Å². The fraction of sp³-hybridized carbons (Fsp3) is 0.435. The van der Waals surface area contributed by atoms with Crippen molar-refractivity contribution in [3.05, 3.63) is 65.0 Å². The summed E-state index contributed by atoms with van der Waals surface area (Å²) in [7, 11) is 0. The number of aliphatic imine (C=N–C) groups is 1. The Morgan fingerprint density at radius 1 is 1.13 bits per heavy atom. The van der Waals surface area contributed by atoms with Gasteiger partial charge in [0.1, 0.15) is 18.2 Å². The molecule has 0 fully saturated rings. The molecule has 30 heavy (non-hydrogen) atoms. The van der Waals surface area contributed by atoms with Crippen molar-refractivity contribution in [2.45, 2.75) is 33.4 Å². The van der Waals surface area contributed by atoms with E-state index in [1.807, 2.05) is 39.0 Å². The van der Waals surface area contributed by atoms with Crippen molar-refractivity contribution in [2.24, 2.45) is 4.99 Å². The molecule has 0 aliphatic rings. The largest absolute Gasteiger partial charge is 0.491 e. The molecule has 0 bridgehead atoms. The van der Waals surface area contributed by atoms with Crippen molar-refractivity contribution >= 4 is 5.96 Å². The van der Waals surface area contributed by atoms with Crippen LogP contribution in [-0.4, -0.2) is 44.0 Å². The maximum Gasteiger partial charge on any atom is 0.191 e. The third kappa shape index (κ3) is 7.65. The second kappa shape index (κ2) is 12.8. The molecule has 3 N–H and O–H groups in total. The van der Waals surface area contributed by atoms with Gasteiger partial charge in [0.05, 0.1) is 19.3 Å². The standard InChI is InChI=1S/C23H32FN3O3/c1-4-25-23(27-16-21(28)19-8-6-7-9-20(19)24)26-15-18-11-10-17(3)14-22(18)30-13-12-29-5-2/h6-11,14,21,28H,4-5,12-13,15-16H2,1-3H3,(H2,25,26,27). The average molecular weight is 418 g/mol. The highest BCUT2D eigenvalue weighted by Gasteiger charge is 2.13. The molecule has 0 saturated heterocycles. The van der Waals surface area contributed by atoms with E-state index < -0.39 is 11.9 Å². The number of benzene rings is 2. The number of halogens is 1. The summed E-state index contributed by atoms with van der Waals surface area (Å²) in [6.45, 7) is 8.78. The first-order valence-corrected chi connectivity index (χ1v) is 10.3. The Bertz CT molecular complexity index is 814. The summed E-state index contributed by atoms with van der Waals surface area (Å²) >= 11 is 0. The van der Waals surface area contributed by atoms with Gasteiger partial charge in [0.15, 0.2) is 5.96 Å². The molecule has 0 aliphatic heterocycles. The smallest absolute Gasteiger partial charge is 0.191 e. The van der Waals surface area contributed by atoms with E-state index >= 15 is 0 Å². The quantitative estimate of drug-likeness (QED) is 0.297. The van der Waals surface area contributed by atoms with Gasteiger partial charge in [-0.05, 0) is 38.5 Å². The number of guanidine groups is 1. The minimum Gasteiger partial charge on any atom is -0.491 e. The Morgan fingerprint density at radius 2 is 1.93 bits per heavy atom. The van der Waals surface area contributed by atoms with Crippen LogP contribution in [0.15, 0.2) is 47.5 Å². The Kier molecular flexibility index (Phi) is 10.1. The number of rotatable bonds is 11. The summed E-state index contributed by atoms with van der Waals surface area (Å²) in [5.41, 5.74) is 2.31. The Hall–Kier alpha value is -2.64. The molecular formula is C23H32FN3O3. The summed E-state index contributed by atoms with van der Waals surface area (Å²) in [6.07, 6.45) is -0.980. The molecule has 0 saturated carbocycles. The molecule has 1 atom stereocenters. The van der Waals surface area contributed by atoms with Crippen molar-refractivity contribution in [3.8, 4) is 5.75 Å². The lowest BCUT2D eigenvalue weighted by Gasteiger charge is -2.16. The zero-order chi connectivity index (χ0) is 21.8. The van der Waals surface area contributed by atoms with Crippen molar-refractivity contribution in [3.63, 3.8) is 0 Å². The Balaban J connectivity index is 2.02. The summed E-state index contributed by atoms with van der Waals surface area (Å²) in [5.74, 6) is 0.886. The molecule has 2 aromatic rings. The lowest BCUT2D eigenvalue weighted by molar-refractivity contribution is 0.110. The molecule has 0 heterocycles. The number of aryl methyl sites for hydroxylation is 1. The highest BCUT2D eigenvalue weighted by Crippen LogP contribution is 2.21. The number of ether oxygens (including phenoxy) is 2. The minimum absolute atomic E-state index is 0.137. The van der Waals surface area contributed by atoms with Crippen LogP contribution in [0, 0.1) is 12.7 Å². The summed E-state index contributed by atoms with van der Waals surface area (Å²) in [4.78, 5) is 4.58. The normalized spacial score (nSPS) is 12.5. The van der Waals surface area contributed by atoms with E-state index in [1.54, 1.807) is 18.2 Å². The monoisotopic (exact) mass is 417 g/mol. The topological polar surface area (TPSA) is 75.1 Å². The molecule has 0 aromatic heterocycles. The first-order valence-electron chi connectivity index (χ1n) is 10.3. The molecule has 164 valence electrons. The van der Waals surface area contributed by atoms with Gasteiger partial charge in [-0.15, -0.1) is 0 Å². The van der Waals surface area contributed by atoms with E-state index in [0.717, 1.165) is 16.9 Å². The highest BCUT2D eigenvalue weighted by molar-refractivity contribution is 5.79. The molecular weight excluding hydrogens is 385 g/mol. The number of nitrogens with zero attached hydrogens (tertiary/aromatic N) is 1. The third-order valence-corrected chi connectivity index (χ3v) is 4.39. The first-order chi connectivity index (χ1) is 14.5. The number of nitrogens with one attached hydrogen (secondary N) is 2. The summed E-state index contributed by atoms with van der Waals surface area (Å²) < 4.78 is 25.0. The van der Waals surface area contributed by atoms with Crippen LogP contribution in [0.4, 0.5) is 4.39 Å². The second-order valence-corrected chi connectivity index (χ2v) is 6.77. The lowest BCUT2D eigenvalue weighted by atomic mass is 10.1. The lowest BCUT2D eigenvalue weighted by Crippen LogP contribution is -2.39. The zero-order valence-electron chi connectivity index (χ0n) is 18.0. The number of aliphatic hydroxyl groups excluding tert-OH is 1. The van der Waals surface area contributed by atoms with Gasteiger partial charge in [-0.2, -0.15) is 0 Å². The fourth-order valence-electron chi connectivity index (χ4n) is 2.84. The molecule has 0 spiro atoms. The zero-order valence-corrected chi connectivity index (χ0v) is 18.0. The molecule has 2 aromatic carbocycles. The molecule has 0 radical (unpaired) electrons. The van der Waals surface area contributed by atoms with E-state index in [0.29, 0.717) is 38.9 Å². The Labute approximate surface area is 178 Å². The van der Waals surface area contributed by atoms with Gasteiger partial charge in [0.25, 0.3) is 0 Å². The maximum atomic E-state index is 13.9. The van der Waals surface area contributed by atoms with E-state index in [1.165, 1.54) is 6.07 Å². The first kappa shape index (κ1) is 23.6. The van der Waals surface area contributed by atoms with E-state index in [-0.39, 0.29) is 12.1 Å². The van der Waals surface area contributed by atoms with Gasteiger partial charge >= 0.3 is 0 Å². The van der Waals surface area contributed by atoms with Crippen molar-refractivity contribution in [1.29, 1.82) is 0 Å². The molecule has 0 aliphatic carbocycles. The summed E-state index contributed by atoms with van der Waals surface area (Å²) in [6, 6.07) is 12.2. The van der Waals surface area contributed by atoms with E-state index in [2.05, 4.69) is 15.6 Å². The van der Waals surface area contributed by atoms with Crippen LogP contribution in [0.5, 0.6) is 5.75 Å². The third-order valence-electron chi connectivity index (χ3n) is 4.39. The van der Waals surface area contributed by atoms with Crippen LogP contribution >= 0.6 is 0 Å². The summed E-state index contributed by atoms with van der Waals surface area (Å²) in [5, 5.41) is 16.5. The van der Waals surface area contributed by atoms with E-state index in [4.69, 9.17) is 9.47 Å². The van der Waals surface area contributed by atoms with Crippen LogP contribution in [-0.2, 0) is 11.3 Å². The van der Waals surface area contributed by atoms with Crippen LogP contribution in [0.25, 0.3) is 0 Å². The van der Waals surface area contributed by atoms with Crippen molar-refractivity contribution < 1.29 is 19.0 Å². The van der Waals surface area contributed by atoms with Crippen LogP contribution in [0.1, 0.15) is 36.6 Å². The van der Waals surface area contributed by atoms with Gasteiger partial charge < -0.3 is 25.2 Å². The molecule has 1 unspecified atom stereocenters. The second-order valence-electron chi connectivity index (χ2n) is 6.77. The van der Waals surface area contributed by atoms with Gasteiger partial charge in [0, 0.05) is 30.8 Å². The van der Waals surface area contributed by atoms with Gasteiger partial charge in [-0.3, -0.25) is 0 Å². The predicted octanol–water partition coefficient (Wildman–Crippen LogP) is 3.34. The van der Waals surface area contributed by atoms with E-state index in [9.17, 15) is 9.50 Å². The van der Waals surface area contributed by atoms with Gasteiger partial charge in [0.2, 0.25) is 0 Å². The number of hydrogen-bond donors (Lipinski definition) is 3. The number of aliphatic hydroxyl groups is 1. The maximum absolute atomic E-state index is 13.9. The van der Waals surface area contributed by atoms with Crippen LogP contribution < -0.4 is 15.4 Å². The molecule has 6 nitrogen and oxygen atoms in total. The van der Waals surface area contributed by atoms with Gasteiger partial charge in [-0.25, -0.2) is 9.38 Å². The van der Waals surface area contributed by atoms with Gasteiger partial charge in [-0.1, -0.05) is 30.3 Å². The number of hydrogen-bond acceptors (Lipinski definition) is 4. The van der Waals surface area contributed by atoms with Crippen molar-refractivity contribution in [1.82, 2.24) is 10.6 Å². The molecule has 7 heteroatoms. The molecule has 2 rings (SSSR count). The van der Waals surface area contributed by atoms with Crippen LogP contribution in [0.2, 0.25) is 0 Å². The minimum atomic E-state index is -0.980. The SMILES string of the molecule is CCNC(=NCc1ccc(C)cc1OCCOCC)NCC(O)c1ccccc1F. The fourth-order valence-corrected chi connectivity index (χ4v) is 2.84. The average Bonchev–Trinajstić information content (AvgIpc) is 2.74. The Morgan fingerprint density at radius 3 is 2.67 bits per heavy atom.